The van der Waals surface area contributed by atoms with Crippen LogP contribution in [0.5, 0.6) is 0 Å². The number of hydrogen-bond donors (Lipinski definition) is 3. The highest BCUT2D eigenvalue weighted by Gasteiger charge is 2.25. The Morgan fingerprint density at radius 1 is 1.18 bits per heavy atom. The Balaban J connectivity index is 2.11. The molecule has 0 saturated heterocycles. The molecule has 0 fully saturated rings. The highest BCUT2D eigenvalue weighted by molar-refractivity contribution is 5.98. The van der Waals surface area contributed by atoms with Crippen LogP contribution in [0, 0.1) is 0 Å². The minimum atomic E-state index is -1.12. The summed E-state index contributed by atoms with van der Waals surface area (Å²) in [7, 11) is 0. The Bertz CT molecular complexity index is 633. The number of ketones is 1. The second-order valence-electron chi connectivity index (χ2n) is 4.95. The van der Waals surface area contributed by atoms with E-state index >= 15 is 0 Å². The predicted molar refractivity (Wildman–Crippen MR) is 80.8 cm³/mol. The molecular weight excluding hydrogens is 284 g/mol. The summed E-state index contributed by atoms with van der Waals surface area (Å²) < 4.78 is 1.90. The van der Waals surface area contributed by atoms with Crippen LogP contribution in [0.1, 0.15) is 17.3 Å². The van der Waals surface area contributed by atoms with Gasteiger partial charge in [0.15, 0.2) is 5.78 Å². The van der Waals surface area contributed by atoms with Crippen molar-refractivity contribution >= 4 is 11.7 Å². The van der Waals surface area contributed by atoms with Crippen molar-refractivity contribution in [1.29, 1.82) is 0 Å². The Hall–Kier alpha value is -2.44. The maximum Gasteiger partial charge on any atom is 0.251 e. The van der Waals surface area contributed by atoms with Crippen LogP contribution in [0.4, 0.5) is 0 Å². The lowest BCUT2D eigenvalue weighted by Gasteiger charge is -2.19. The molecule has 0 bridgehead atoms. The molecule has 6 nitrogen and oxygen atoms in total. The van der Waals surface area contributed by atoms with Crippen LogP contribution >= 0.6 is 0 Å². The number of aromatic nitrogens is 1. The SMILES string of the molecule is C[C@@H](O)[C@H](NC(=O)c1ccc(-n2cccc2)cc1)C(=O)CO. The average Bonchev–Trinajstić information content (AvgIpc) is 3.06. The minimum absolute atomic E-state index is 0.368. The molecule has 116 valence electrons. The summed E-state index contributed by atoms with van der Waals surface area (Å²) in [5, 5.41) is 20.8. The number of nitrogens with one attached hydrogen (secondary N) is 1. The Labute approximate surface area is 128 Å². The zero-order chi connectivity index (χ0) is 16.1. The highest BCUT2D eigenvalue weighted by Crippen LogP contribution is 2.10. The number of aliphatic hydroxyl groups is 2. The van der Waals surface area contributed by atoms with Gasteiger partial charge in [0.05, 0.1) is 6.10 Å². The maximum atomic E-state index is 12.1. The fourth-order valence-corrected chi connectivity index (χ4v) is 2.08. The van der Waals surface area contributed by atoms with Crippen molar-refractivity contribution in [3.8, 4) is 5.69 Å². The Morgan fingerprint density at radius 3 is 2.27 bits per heavy atom. The number of carbonyl (C=O) groups is 2. The van der Waals surface area contributed by atoms with Gasteiger partial charge in [0, 0.05) is 23.6 Å². The number of benzene rings is 1. The van der Waals surface area contributed by atoms with E-state index in [2.05, 4.69) is 5.32 Å². The van der Waals surface area contributed by atoms with E-state index in [1.807, 2.05) is 29.1 Å². The number of aliphatic hydroxyl groups excluding tert-OH is 2. The molecule has 0 saturated carbocycles. The summed E-state index contributed by atoms with van der Waals surface area (Å²) in [5.74, 6) is -1.11. The van der Waals surface area contributed by atoms with Crippen molar-refractivity contribution in [2.45, 2.75) is 19.1 Å². The van der Waals surface area contributed by atoms with Crippen molar-refractivity contribution in [3.05, 3.63) is 54.4 Å². The monoisotopic (exact) mass is 302 g/mol. The first-order valence-electron chi connectivity index (χ1n) is 6.89. The van der Waals surface area contributed by atoms with Crippen molar-refractivity contribution in [2.75, 3.05) is 6.61 Å². The molecule has 1 heterocycles. The predicted octanol–water partition coefficient (Wildman–Crippen LogP) is 0.518. The largest absolute Gasteiger partial charge is 0.391 e. The molecule has 3 N–H and O–H groups in total. The van der Waals surface area contributed by atoms with Gasteiger partial charge in [-0.25, -0.2) is 0 Å². The van der Waals surface area contributed by atoms with Crippen molar-refractivity contribution in [2.24, 2.45) is 0 Å². The molecule has 0 aliphatic heterocycles. The first-order chi connectivity index (χ1) is 10.5. The fourth-order valence-electron chi connectivity index (χ4n) is 2.08. The van der Waals surface area contributed by atoms with Gasteiger partial charge in [-0.15, -0.1) is 0 Å². The summed E-state index contributed by atoms with van der Waals surface area (Å²) in [6.07, 6.45) is 2.69. The van der Waals surface area contributed by atoms with E-state index in [1.165, 1.54) is 6.92 Å². The molecular formula is C16H18N2O4. The van der Waals surface area contributed by atoms with Gasteiger partial charge in [-0.1, -0.05) is 0 Å². The Morgan fingerprint density at radius 2 is 1.77 bits per heavy atom. The number of hydrogen-bond acceptors (Lipinski definition) is 4. The lowest BCUT2D eigenvalue weighted by Crippen LogP contribution is -2.48. The molecule has 6 heteroatoms. The van der Waals surface area contributed by atoms with Crippen LogP contribution in [-0.2, 0) is 4.79 Å². The third-order valence-corrected chi connectivity index (χ3v) is 3.30. The maximum absolute atomic E-state index is 12.1. The van der Waals surface area contributed by atoms with Crippen molar-refractivity contribution < 1.29 is 19.8 Å². The zero-order valence-electron chi connectivity index (χ0n) is 12.1. The summed E-state index contributed by atoms with van der Waals surface area (Å²) >= 11 is 0. The number of carbonyl (C=O) groups excluding carboxylic acids is 2. The van der Waals surface area contributed by atoms with Gasteiger partial charge < -0.3 is 20.1 Å². The van der Waals surface area contributed by atoms with Gasteiger partial charge in [0.2, 0.25) is 0 Å². The van der Waals surface area contributed by atoms with Crippen LogP contribution in [0.25, 0.3) is 5.69 Å². The van der Waals surface area contributed by atoms with E-state index in [-0.39, 0.29) is 0 Å². The van der Waals surface area contributed by atoms with Gasteiger partial charge in [-0.05, 0) is 43.3 Å². The van der Waals surface area contributed by atoms with Crippen LogP contribution in [0.15, 0.2) is 48.8 Å². The zero-order valence-corrected chi connectivity index (χ0v) is 12.1. The third-order valence-electron chi connectivity index (χ3n) is 3.30. The number of amides is 1. The Kier molecular flexibility index (Phi) is 5.08. The van der Waals surface area contributed by atoms with E-state index in [0.29, 0.717) is 5.56 Å². The molecule has 22 heavy (non-hydrogen) atoms. The first-order valence-corrected chi connectivity index (χ1v) is 6.89. The van der Waals surface area contributed by atoms with Gasteiger partial charge in [-0.2, -0.15) is 0 Å². The first kappa shape index (κ1) is 15.9. The van der Waals surface area contributed by atoms with Crippen LogP contribution in [0.2, 0.25) is 0 Å². The minimum Gasteiger partial charge on any atom is -0.391 e. The topological polar surface area (TPSA) is 91.6 Å². The van der Waals surface area contributed by atoms with Crippen molar-refractivity contribution in [1.82, 2.24) is 9.88 Å². The molecule has 2 aromatic rings. The number of nitrogens with zero attached hydrogens (tertiary/aromatic N) is 1. The molecule has 0 unspecified atom stereocenters. The molecule has 1 amide bonds. The molecule has 0 spiro atoms. The molecule has 0 aliphatic rings. The summed E-state index contributed by atoms with van der Waals surface area (Å²) in [5.41, 5.74) is 1.27. The quantitative estimate of drug-likeness (QED) is 0.725. The number of Topliss-reactive ketones (excluding diaryl/α,β-unsaturated/α-hetero) is 1. The van der Waals surface area contributed by atoms with Gasteiger partial charge >= 0.3 is 0 Å². The molecule has 2 atom stereocenters. The van der Waals surface area contributed by atoms with Gasteiger partial charge in [0.1, 0.15) is 12.6 Å². The second-order valence-corrected chi connectivity index (χ2v) is 4.95. The lowest BCUT2D eigenvalue weighted by atomic mass is 10.1. The molecule has 2 rings (SSSR count). The normalized spacial score (nSPS) is 13.4. The van der Waals surface area contributed by atoms with Crippen molar-refractivity contribution in [3.63, 3.8) is 0 Å². The van der Waals surface area contributed by atoms with Gasteiger partial charge in [0.25, 0.3) is 5.91 Å². The molecule has 0 radical (unpaired) electrons. The highest BCUT2D eigenvalue weighted by atomic mass is 16.3. The summed E-state index contributed by atoms with van der Waals surface area (Å²) in [6.45, 7) is 0.649. The van der Waals surface area contributed by atoms with Crippen LogP contribution in [-0.4, -0.2) is 45.2 Å². The van der Waals surface area contributed by atoms with E-state index in [0.717, 1.165) is 5.69 Å². The number of rotatable bonds is 6. The smallest absolute Gasteiger partial charge is 0.251 e. The van der Waals surface area contributed by atoms with Crippen LogP contribution < -0.4 is 5.32 Å². The third kappa shape index (κ3) is 3.60. The summed E-state index contributed by atoms with van der Waals surface area (Å²) in [6, 6.07) is 9.49. The fraction of sp³-hybridized carbons (Fsp3) is 0.250. The lowest BCUT2D eigenvalue weighted by molar-refractivity contribution is -0.125. The summed E-state index contributed by atoms with van der Waals surface area (Å²) in [4.78, 5) is 23.6. The standard InChI is InChI=1S/C16H18N2O4/c1-11(20)15(14(21)10-19)17-16(22)12-4-6-13(7-5-12)18-8-2-3-9-18/h2-9,11,15,19-20H,10H2,1H3,(H,17,22)/t11-,15+/m1/s1. The molecule has 1 aromatic carbocycles. The van der Waals surface area contributed by atoms with E-state index in [1.54, 1.807) is 24.3 Å². The van der Waals surface area contributed by atoms with E-state index in [9.17, 15) is 14.7 Å². The van der Waals surface area contributed by atoms with Crippen LogP contribution in [0.3, 0.4) is 0 Å². The second kappa shape index (κ2) is 7.02. The molecule has 1 aromatic heterocycles. The van der Waals surface area contributed by atoms with Gasteiger partial charge in [-0.3, -0.25) is 9.59 Å². The average molecular weight is 302 g/mol. The van der Waals surface area contributed by atoms with E-state index < -0.39 is 30.4 Å². The van der Waals surface area contributed by atoms with E-state index in [4.69, 9.17) is 5.11 Å². The molecule has 0 aliphatic carbocycles.